The molecule has 2 saturated heterocycles. The lowest BCUT2D eigenvalue weighted by Crippen LogP contribution is -2.63. The molecular weight excluding hydrogens is 504 g/mol. The van der Waals surface area contributed by atoms with E-state index in [4.69, 9.17) is 30.5 Å². The van der Waals surface area contributed by atoms with Crippen LogP contribution in [-0.4, -0.2) is 47.2 Å². The van der Waals surface area contributed by atoms with Crippen LogP contribution >= 0.6 is 11.6 Å². The molecule has 1 aromatic carbocycles. The molecule has 7 rings (SSSR count). The quantitative estimate of drug-likeness (QED) is 0.482. The molecule has 7 nitrogen and oxygen atoms in total. The largest absolute Gasteiger partial charge is 0.458 e. The lowest BCUT2D eigenvalue weighted by Gasteiger charge is -2.64. The maximum Gasteiger partial charge on any atom is 0.336 e. The van der Waals surface area contributed by atoms with Crippen molar-refractivity contribution in [2.24, 2.45) is 22.7 Å². The number of ether oxygens (including phenoxy) is 4. The summed E-state index contributed by atoms with van der Waals surface area (Å²) >= 11 is 6.26. The molecule has 4 fully saturated rings. The van der Waals surface area contributed by atoms with Crippen LogP contribution in [0.3, 0.4) is 0 Å². The van der Waals surface area contributed by atoms with Crippen LogP contribution in [0.2, 0.25) is 5.02 Å². The number of esters is 1. The number of aromatic amines is 1. The summed E-state index contributed by atoms with van der Waals surface area (Å²) in [5.74, 6) is 0.592. The van der Waals surface area contributed by atoms with Gasteiger partial charge in [-0.2, -0.15) is 5.10 Å². The number of aromatic nitrogens is 2. The zero-order valence-corrected chi connectivity index (χ0v) is 22.9. The zero-order chi connectivity index (χ0) is 26.3. The molecule has 1 N–H and O–H groups in total. The Morgan fingerprint density at radius 2 is 1.97 bits per heavy atom. The number of cyclic esters (lactones) is 1. The summed E-state index contributed by atoms with van der Waals surface area (Å²) in [6, 6.07) is 7.74. The number of carbonyl (C=O) groups is 1. The summed E-state index contributed by atoms with van der Waals surface area (Å²) in [5.41, 5.74) is 3.20. The summed E-state index contributed by atoms with van der Waals surface area (Å²) in [5, 5.41) is 8.11. The molecule has 2 saturated carbocycles. The van der Waals surface area contributed by atoms with Gasteiger partial charge in [0.05, 0.1) is 47.4 Å². The van der Waals surface area contributed by atoms with Crippen LogP contribution in [0.5, 0.6) is 0 Å². The molecule has 8 atom stereocenters. The van der Waals surface area contributed by atoms with E-state index in [9.17, 15) is 4.79 Å². The summed E-state index contributed by atoms with van der Waals surface area (Å²) < 4.78 is 25.2. The smallest absolute Gasteiger partial charge is 0.336 e. The predicted molar refractivity (Wildman–Crippen MR) is 141 cm³/mol. The van der Waals surface area contributed by atoms with Crippen molar-refractivity contribution in [3.05, 3.63) is 52.7 Å². The van der Waals surface area contributed by atoms with Crippen LogP contribution < -0.4 is 0 Å². The van der Waals surface area contributed by atoms with Crippen molar-refractivity contribution >= 4 is 17.6 Å². The minimum Gasteiger partial charge on any atom is -0.458 e. The predicted octanol–water partition coefficient (Wildman–Crippen LogP) is 6.01. The molecule has 2 aromatic rings. The Hall–Kier alpha value is -2.19. The van der Waals surface area contributed by atoms with Gasteiger partial charge in [-0.15, -0.1) is 0 Å². The number of hydrogen-bond acceptors (Lipinski definition) is 6. The second-order valence-electron chi connectivity index (χ2n) is 12.6. The number of carbonyl (C=O) groups excluding carboxylic acids is 1. The summed E-state index contributed by atoms with van der Waals surface area (Å²) in [7, 11) is 0. The highest BCUT2D eigenvalue weighted by molar-refractivity contribution is 6.30. The van der Waals surface area contributed by atoms with Crippen molar-refractivity contribution < 1.29 is 23.7 Å². The first-order chi connectivity index (χ1) is 18.2. The highest BCUT2D eigenvalue weighted by Crippen LogP contribution is 2.67. The standard InChI is InChI=1S/C30H35ClN2O5/c1-28-10-8-24-29(2,16-36-27(37-24)20-15-32-33-25(20)17-5-4-6-18(31)13-17)22(28)7-11-30(3)23(28)14-21(38-30)19-9-12-35-26(19)34/h4-6,9,13,15,21-24,27H,7-8,10-12,14,16H2,1-3H3,(H,32,33)/t21?,22-,23-,24+,27?,28+,29-,30?/m0/s1. The Kier molecular flexibility index (Phi) is 5.65. The first kappa shape index (κ1) is 24.8. The molecule has 5 aliphatic rings. The number of H-pyrrole nitrogens is 1. The van der Waals surface area contributed by atoms with E-state index in [2.05, 4.69) is 31.0 Å². The molecule has 2 aliphatic carbocycles. The third-order valence-electron chi connectivity index (χ3n) is 10.6. The molecule has 0 amide bonds. The first-order valence-electron chi connectivity index (χ1n) is 13.8. The van der Waals surface area contributed by atoms with Crippen molar-refractivity contribution in [1.29, 1.82) is 0 Å². The van der Waals surface area contributed by atoms with Gasteiger partial charge in [0.15, 0.2) is 6.29 Å². The Bertz CT molecular complexity index is 1310. The van der Waals surface area contributed by atoms with Gasteiger partial charge in [-0.25, -0.2) is 4.79 Å². The highest BCUT2D eigenvalue weighted by atomic mass is 35.5. The van der Waals surface area contributed by atoms with Crippen LogP contribution in [0.1, 0.15) is 64.7 Å². The van der Waals surface area contributed by atoms with Crippen LogP contribution in [0, 0.1) is 22.7 Å². The first-order valence-corrected chi connectivity index (χ1v) is 14.2. The van der Waals surface area contributed by atoms with E-state index in [0.29, 0.717) is 35.6 Å². The molecule has 1 aromatic heterocycles. The number of nitrogens with one attached hydrogen (secondary N) is 1. The fraction of sp³-hybridized carbons (Fsp3) is 0.600. The topological polar surface area (TPSA) is 82.7 Å². The Labute approximate surface area is 228 Å². The second kappa shape index (κ2) is 8.65. The number of rotatable bonds is 3. The fourth-order valence-electron chi connectivity index (χ4n) is 8.75. The van der Waals surface area contributed by atoms with E-state index in [1.165, 1.54) is 0 Å². The van der Waals surface area contributed by atoms with Gasteiger partial charge in [0, 0.05) is 16.0 Å². The number of halogens is 1. The number of fused-ring (bicyclic) bond motifs is 5. The fourth-order valence-corrected chi connectivity index (χ4v) is 8.94. The summed E-state index contributed by atoms with van der Waals surface area (Å²) in [4.78, 5) is 12.3. The summed E-state index contributed by atoms with van der Waals surface area (Å²) in [6.07, 6.45) is 8.10. The van der Waals surface area contributed by atoms with Crippen LogP contribution in [-0.2, 0) is 23.7 Å². The molecular formula is C30H35ClN2O5. The van der Waals surface area contributed by atoms with Gasteiger partial charge in [0.2, 0.25) is 0 Å². The minimum absolute atomic E-state index is 0.0806. The Balaban J connectivity index is 1.14. The lowest BCUT2D eigenvalue weighted by molar-refractivity contribution is -0.314. The van der Waals surface area contributed by atoms with Crippen molar-refractivity contribution in [2.75, 3.05) is 13.2 Å². The molecule has 0 spiro atoms. The average molecular weight is 539 g/mol. The van der Waals surface area contributed by atoms with Gasteiger partial charge in [-0.05, 0) is 74.5 Å². The SMILES string of the molecule is CC12CC[C@@H]3[C@]4(C)COC(c5cn[nH]c5-c5cccc(Cl)c5)O[C@@H]4CC[C@@]3(C)[C@@H]1CC(C1=CCOC1=O)O2. The van der Waals surface area contributed by atoms with Gasteiger partial charge in [-0.1, -0.05) is 37.6 Å². The van der Waals surface area contributed by atoms with E-state index in [0.717, 1.165) is 48.9 Å². The maximum absolute atomic E-state index is 12.3. The van der Waals surface area contributed by atoms with Gasteiger partial charge >= 0.3 is 5.97 Å². The van der Waals surface area contributed by atoms with E-state index in [-0.39, 0.29) is 34.6 Å². The van der Waals surface area contributed by atoms with Crippen molar-refractivity contribution in [3.8, 4) is 11.3 Å². The molecule has 3 aliphatic heterocycles. The normalized spacial score (nSPS) is 42.2. The number of hydrogen-bond donors (Lipinski definition) is 1. The third-order valence-corrected chi connectivity index (χ3v) is 10.8. The maximum atomic E-state index is 12.3. The molecule has 0 bridgehead atoms. The zero-order valence-electron chi connectivity index (χ0n) is 22.2. The number of benzene rings is 1. The molecule has 38 heavy (non-hydrogen) atoms. The van der Waals surface area contributed by atoms with Crippen molar-refractivity contribution in [2.45, 2.75) is 77.0 Å². The van der Waals surface area contributed by atoms with Crippen molar-refractivity contribution in [3.63, 3.8) is 0 Å². The Morgan fingerprint density at radius 1 is 1.11 bits per heavy atom. The van der Waals surface area contributed by atoms with Gasteiger partial charge in [0.1, 0.15) is 6.61 Å². The van der Waals surface area contributed by atoms with Gasteiger partial charge in [-0.3, -0.25) is 5.10 Å². The minimum atomic E-state index is -0.474. The number of nitrogens with zero attached hydrogens (tertiary/aromatic N) is 1. The monoisotopic (exact) mass is 538 g/mol. The van der Waals surface area contributed by atoms with Crippen LogP contribution in [0.25, 0.3) is 11.3 Å². The lowest BCUT2D eigenvalue weighted by atomic mass is 9.44. The van der Waals surface area contributed by atoms with Gasteiger partial charge < -0.3 is 18.9 Å². The molecule has 202 valence electrons. The van der Waals surface area contributed by atoms with E-state index in [1.54, 1.807) is 6.20 Å². The van der Waals surface area contributed by atoms with E-state index < -0.39 is 6.29 Å². The van der Waals surface area contributed by atoms with E-state index in [1.807, 2.05) is 30.3 Å². The molecule has 3 unspecified atom stereocenters. The second-order valence-corrected chi connectivity index (χ2v) is 13.0. The third kappa shape index (κ3) is 3.58. The van der Waals surface area contributed by atoms with Crippen molar-refractivity contribution in [1.82, 2.24) is 10.2 Å². The highest BCUT2D eigenvalue weighted by Gasteiger charge is 2.66. The van der Waals surface area contributed by atoms with E-state index >= 15 is 0 Å². The van der Waals surface area contributed by atoms with Gasteiger partial charge in [0.25, 0.3) is 0 Å². The molecule has 0 radical (unpaired) electrons. The molecule has 4 heterocycles. The summed E-state index contributed by atoms with van der Waals surface area (Å²) in [6.45, 7) is 8.06. The van der Waals surface area contributed by atoms with Crippen LogP contribution in [0.15, 0.2) is 42.1 Å². The van der Waals surface area contributed by atoms with Crippen LogP contribution in [0.4, 0.5) is 0 Å². The molecule has 8 heteroatoms. The Morgan fingerprint density at radius 3 is 2.76 bits per heavy atom. The average Bonchev–Trinajstić information content (AvgIpc) is 3.62.